The number of amides is 1. The zero-order valence-corrected chi connectivity index (χ0v) is 9.76. The smallest absolute Gasteiger partial charge is 0.257 e. The zero-order valence-electron chi connectivity index (χ0n) is 9.76. The second kappa shape index (κ2) is 4.96. The molecule has 84 valence electrons. The minimum atomic E-state index is -0.0834. The quantitative estimate of drug-likeness (QED) is 0.827. The summed E-state index contributed by atoms with van der Waals surface area (Å²) in [6.07, 6.45) is 1.62. The van der Waals surface area contributed by atoms with Gasteiger partial charge in [-0.3, -0.25) is 4.79 Å². The summed E-state index contributed by atoms with van der Waals surface area (Å²) in [6, 6.07) is 0.177. The van der Waals surface area contributed by atoms with Gasteiger partial charge in [-0.1, -0.05) is 19.0 Å². The van der Waals surface area contributed by atoms with Gasteiger partial charge < -0.3 is 9.84 Å². The van der Waals surface area contributed by atoms with Crippen LogP contribution in [-0.2, 0) is 6.42 Å². The third-order valence-electron chi connectivity index (χ3n) is 2.49. The fourth-order valence-electron chi connectivity index (χ4n) is 1.35. The molecule has 0 saturated heterocycles. The number of hydrogen-bond acceptors (Lipinski definition) is 3. The van der Waals surface area contributed by atoms with Crippen LogP contribution in [-0.4, -0.2) is 17.1 Å². The fourth-order valence-corrected chi connectivity index (χ4v) is 1.35. The molecule has 4 heteroatoms. The van der Waals surface area contributed by atoms with Gasteiger partial charge in [-0.15, -0.1) is 0 Å². The van der Waals surface area contributed by atoms with Crippen molar-refractivity contribution in [2.75, 3.05) is 0 Å². The van der Waals surface area contributed by atoms with E-state index >= 15 is 0 Å². The van der Waals surface area contributed by atoms with E-state index in [9.17, 15) is 4.79 Å². The second-order valence-corrected chi connectivity index (χ2v) is 3.70. The molecule has 0 radical (unpaired) electrons. The first kappa shape index (κ1) is 11.8. The summed E-state index contributed by atoms with van der Waals surface area (Å²) in [6.45, 7) is 7.73. The molecule has 0 aromatic carbocycles. The van der Waals surface area contributed by atoms with Crippen molar-refractivity contribution < 1.29 is 9.32 Å². The Morgan fingerprint density at radius 1 is 1.53 bits per heavy atom. The molecule has 0 saturated carbocycles. The molecule has 1 heterocycles. The third-order valence-corrected chi connectivity index (χ3v) is 2.49. The molecular weight excluding hydrogens is 192 g/mol. The molecular formula is C11H18N2O2. The van der Waals surface area contributed by atoms with Crippen molar-refractivity contribution in [1.82, 2.24) is 10.5 Å². The maximum Gasteiger partial charge on any atom is 0.257 e. The van der Waals surface area contributed by atoms with Crippen LogP contribution in [0.3, 0.4) is 0 Å². The highest BCUT2D eigenvalue weighted by Crippen LogP contribution is 2.13. The minimum Gasteiger partial charge on any atom is -0.361 e. The lowest BCUT2D eigenvalue weighted by molar-refractivity contribution is 0.0937. The van der Waals surface area contributed by atoms with Crippen LogP contribution in [0.4, 0.5) is 0 Å². The Kier molecular flexibility index (Phi) is 3.88. The minimum absolute atomic E-state index is 0.0834. The van der Waals surface area contributed by atoms with Gasteiger partial charge in [0.05, 0.1) is 5.69 Å². The molecule has 0 spiro atoms. The van der Waals surface area contributed by atoms with Gasteiger partial charge in [0, 0.05) is 6.04 Å². The normalized spacial score (nSPS) is 12.5. The van der Waals surface area contributed by atoms with Crippen LogP contribution < -0.4 is 5.32 Å². The fraction of sp³-hybridized carbons (Fsp3) is 0.636. The average molecular weight is 210 g/mol. The summed E-state index contributed by atoms with van der Waals surface area (Å²) in [5.41, 5.74) is 1.33. The molecule has 4 nitrogen and oxygen atoms in total. The number of rotatable bonds is 4. The number of carbonyl (C=O) groups is 1. The Bertz CT molecular complexity index is 344. The van der Waals surface area contributed by atoms with E-state index in [1.54, 1.807) is 6.92 Å². The lowest BCUT2D eigenvalue weighted by atomic mass is 10.1. The lowest BCUT2D eigenvalue weighted by Gasteiger charge is -2.10. The number of aromatic nitrogens is 1. The van der Waals surface area contributed by atoms with Crippen LogP contribution in [0.5, 0.6) is 0 Å². The number of nitrogens with zero attached hydrogens (tertiary/aromatic N) is 1. The Labute approximate surface area is 90.0 Å². The van der Waals surface area contributed by atoms with Crippen molar-refractivity contribution in [3.8, 4) is 0 Å². The lowest BCUT2D eigenvalue weighted by Crippen LogP contribution is -2.32. The average Bonchev–Trinajstić information content (AvgIpc) is 2.59. The van der Waals surface area contributed by atoms with Crippen LogP contribution in [0.2, 0.25) is 0 Å². The molecule has 0 aliphatic rings. The number of aryl methyl sites for hydroxylation is 2. The van der Waals surface area contributed by atoms with E-state index in [1.807, 2.05) is 20.8 Å². The predicted molar refractivity (Wildman–Crippen MR) is 57.8 cm³/mol. The van der Waals surface area contributed by atoms with Crippen LogP contribution in [0.25, 0.3) is 0 Å². The van der Waals surface area contributed by atoms with Crippen molar-refractivity contribution in [2.24, 2.45) is 0 Å². The maximum atomic E-state index is 11.9. The van der Waals surface area contributed by atoms with E-state index in [-0.39, 0.29) is 11.9 Å². The standard InChI is InChI=1S/C11H18N2O2/c1-5-7(3)12-11(14)10-8(4)15-13-9(10)6-2/h7H,5-6H2,1-4H3,(H,12,14)/t7-/m1/s1. The highest BCUT2D eigenvalue weighted by molar-refractivity contribution is 5.96. The molecule has 0 aliphatic carbocycles. The van der Waals surface area contributed by atoms with E-state index in [0.717, 1.165) is 12.1 Å². The molecule has 15 heavy (non-hydrogen) atoms. The van der Waals surface area contributed by atoms with Gasteiger partial charge in [0.25, 0.3) is 5.91 Å². The van der Waals surface area contributed by atoms with E-state index in [0.29, 0.717) is 17.7 Å². The van der Waals surface area contributed by atoms with E-state index in [1.165, 1.54) is 0 Å². The van der Waals surface area contributed by atoms with Gasteiger partial charge in [0.15, 0.2) is 0 Å². The summed E-state index contributed by atoms with van der Waals surface area (Å²) < 4.78 is 5.01. The van der Waals surface area contributed by atoms with Crippen LogP contribution in [0, 0.1) is 6.92 Å². The van der Waals surface area contributed by atoms with Crippen molar-refractivity contribution in [3.63, 3.8) is 0 Å². The van der Waals surface area contributed by atoms with Crippen molar-refractivity contribution in [1.29, 1.82) is 0 Å². The molecule has 0 aliphatic heterocycles. The molecule has 1 N–H and O–H groups in total. The summed E-state index contributed by atoms with van der Waals surface area (Å²) >= 11 is 0. The Balaban J connectivity index is 2.85. The summed E-state index contributed by atoms with van der Waals surface area (Å²) in [5, 5.41) is 6.76. The largest absolute Gasteiger partial charge is 0.361 e. The molecule has 0 bridgehead atoms. The molecule has 1 rings (SSSR count). The highest BCUT2D eigenvalue weighted by Gasteiger charge is 2.19. The number of carbonyl (C=O) groups excluding carboxylic acids is 1. The summed E-state index contributed by atoms with van der Waals surface area (Å²) in [7, 11) is 0. The second-order valence-electron chi connectivity index (χ2n) is 3.70. The SMILES string of the molecule is CCc1noc(C)c1C(=O)N[C@H](C)CC. The van der Waals surface area contributed by atoms with Crippen molar-refractivity contribution >= 4 is 5.91 Å². The van der Waals surface area contributed by atoms with E-state index < -0.39 is 0 Å². The maximum absolute atomic E-state index is 11.9. The van der Waals surface area contributed by atoms with Crippen LogP contribution in [0.15, 0.2) is 4.52 Å². The van der Waals surface area contributed by atoms with E-state index in [4.69, 9.17) is 4.52 Å². The number of nitrogens with one attached hydrogen (secondary N) is 1. The van der Waals surface area contributed by atoms with Crippen LogP contribution >= 0.6 is 0 Å². The van der Waals surface area contributed by atoms with Crippen molar-refractivity contribution in [2.45, 2.75) is 46.6 Å². The first-order chi connectivity index (χ1) is 7.10. The van der Waals surface area contributed by atoms with E-state index in [2.05, 4.69) is 10.5 Å². The Morgan fingerprint density at radius 3 is 2.73 bits per heavy atom. The van der Waals surface area contributed by atoms with Gasteiger partial charge in [-0.05, 0) is 26.7 Å². The Morgan fingerprint density at radius 2 is 2.20 bits per heavy atom. The first-order valence-electron chi connectivity index (χ1n) is 5.36. The summed E-state index contributed by atoms with van der Waals surface area (Å²) in [5.74, 6) is 0.507. The highest BCUT2D eigenvalue weighted by atomic mass is 16.5. The van der Waals surface area contributed by atoms with Crippen LogP contribution in [0.1, 0.15) is 49.0 Å². The van der Waals surface area contributed by atoms with Gasteiger partial charge >= 0.3 is 0 Å². The number of hydrogen-bond donors (Lipinski definition) is 1. The van der Waals surface area contributed by atoms with Gasteiger partial charge in [-0.2, -0.15) is 0 Å². The molecule has 0 unspecified atom stereocenters. The van der Waals surface area contributed by atoms with Gasteiger partial charge in [0.2, 0.25) is 0 Å². The zero-order chi connectivity index (χ0) is 11.4. The van der Waals surface area contributed by atoms with Crippen molar-refractivity contribution in [3.05, 3.63) is 17.0 Å². The van der Waals surface area contributed by atoms with Gasteiger partial charge in [-0.25, -0.2) is 0 Å². The topological polar surface area (TPSA) is 55.1 Å². The Hall–Kier alpha value is -1.32. The molecule has 1 aromatic heterocycles. The third kappa shape index (κ3) is 2.58. The monoisotopic (exact) mass is 210 g/mol. The molecule has 1 amide bonds. The van der Waals surface area contributed by atoms with Gasteiger partial charge in [0.1, 0.15) is 11.3 Å². The molecule has 1 atom stereocenters. The first-order valence-corrected chi connectivity index (χ1v) is 5.36. The summed E-state index contributed by atoms with van der Waals surface area (Å²) in [4.78, 5) is 11.9. The predicted octanol–water partition coefficient (Wildman–Crippen LogP) is 2.07. The molecule has 0 fully saturated rings. The molecule has 1 aromatic rings.